The molecular weight excluding hydrogens is 204 g/mol. The van der Waals surface area contributed by atoms with Gasteiger partial charge >= 0.3 is 0 Å². The lowest BCUT2D eigenvalue weighted by atomic mass is 10.1. The van der Waals surface area contributed by atoms with Crippen LogP contribution in [0.1, 0.15) is 30.3 Å². The average Bonchev–Trinajstić information content (AvgIpc) is 2.99. The van der Waals surface area contributed by atoms with Crippen LogP contribution >= 0.6 is 11.3 Å². The maximum atomic E-state index is 4.26. The van der Waals surface area contributed by atoms with Crippen LogP contribution in [0, 0.1) is 18.8 Å². The zero-order valence-electron chi connectivity index (χ0n) is 9.62. The zero-order valence-corrected chi connectivity index (χ0v) is 10.4. The number of rotatable bonds is 6. The SMILES string of the molecule is Cc1ncsc1CCNCC(C)C1CC1. The number of aromatic nitrogens is 1. The normalized spacial score (nSPS) is 18.0. The molecule has 1 saturated carbocycles. The van der Waals surface area contributed by atoms with Crippen LogP contribution in [0.25, 0.3) is 0 Å². The van der Waals surface area contributed by atoms with Gasteiger partial charge in [0.2, 0.25) is 0 Å². The summed E-state index contributed by atoms with van der Waals surface area (Å²) in [5.74, 6) is 1.88. The molecule has 0 radical (unpaired) electrons. The second-order valence-electron chi connectivity index (χ2n) is 4.63. The van der Waals surface area contributed by atoms with Crippen molar-refractivity contribution >= 4 is 11.3 Å². The highest BCUT2D eigenvalue weighted by atomic mass is 32.1. The van der Waals surface area contributed by atoms with Gasteiger partial charge in [0.05, 0.1) is 11.2 Å². The molecule has 2 rings (SSSR count). The molecule has 1 N–H and O–H groups in total. The van der Waals surface area contributed by atoms with E-state index in [4.69, 9.17) is 0 Å². The van der Waals surface area contributed by atoms with Crippen molar-refractivity contribution in [1.29, 1.82) is 0 Å². The lowest BCUT2D eigenvalue weighted by Crippen LogP contribution is -2.24. The molecule has 15 heavy (non-hydrogen) atoms. The molecule has 2 nitrogen and oxygen atoms in total. The van der Waals surface area contributed by atoms with Gasteiger partial charge < -0.3 is 5.32 Å². The van der Waals surface area contributed by atoms with E-state index in [0.29, 0.717) is 0 Å². The first-order valence-electron chi connectivity index (χ1n) is 5.87. The fourth-order valence-electron chi connectivity index (χ4n) is 1.93. The van der Waals surface area contributed by atoms with Gasteiger partial charge in [0, 0.05) is 11.4 Å². The molecule has 1 aromatic rings. The number of nitrogens with zero attached hydrogens (tertiary/aromatic N) is 1. The molecule has 1 heterocycles. The minimum Gasteiger partial charge on any atom is -0.316 e. The van der Waals surface area contributed by atoms with Crippen molar-refractivity contribution in [2.45, 2.75) is 33.1 Å². The van der Waals surface area contributed by atoms with Crippen molar-refractivity contribution in [3.8, 4) is 0 Å². The summed E-state index contributed by atoms with van der Waals surface area (Å²) < 4.78 is 0. The highest BCUT2D eigenvalue weighted by molar-refractivity contribution is 7.09. The Hall–Kier alpha value is -0.410. The van der Waals surface area contributed by atoms with Crippen LogP contribution in [0.5, 0.6) is 0 Å². The maximum Gasteiger partial charge on any atom is 0.0797 e. The summed E-state index contributed by atoms with van der Waals surface area (Å²) >= 11 is 1.78. The molecule has 1 aliphatic carbocycles. The Morgan fingerprint density at radius 1 is 1.60 bits per heavy atom. The molecule has 0 saturated heterocycles. The molecule has 84 valence electrons. The van der Waals surface area contributed by atoms with E-state index in [1.54, 1.807) is 11.3 Å². The lowest BCUT2D eigenvalue weighted by Gasteiger charge is -2.10. The third-order valence-corrected chi connectivity index (χ3v) is 4.26. The van der Waals surface area contributed by atoms with Crippen LogP contribution in [0.4, 0.5) is 0 Å². The van der Waals surface area contributed by atoms with Crippen LogP contribution in [0.2, 0.25) is 0 Å². The Morgan fingerprint density at radius 3 is 3.00 bits per heavy atom. The molecule has 1 aromatic heterocycles. The van der Waals surface area contributed by atoms with Gasteiger partial charge in [-0.3, -0.25) is 0 Å². The smallest absolute Gasteiger partial charge is 0.0797 e. The Balaban J connectivity index is 1.60. The summed E-state index contributed by atoms with van der Waals surface area (Å²) in [6.07, 6.45) is 4.04. The van der Waals surface area contributed by atoms with Crippen molar-refractivity contribution < 1.29 is 0 Å². The van der Waals surface area contributed by atoms with E-state index in [9.17, 15) is 0 Å². The number of hydrogen-bond donors (Lipinski definition) is 1. The number of aryl methyl sites for hydroxylation is 1. The minimum atomic E-state index is 0.868. The summed E-state index contributed by atoms with van der Waals surface area (Å²) in [5.41, 5.74) is 3.15. The predicted molar refractivity (Wildman–Crippen MR) is 65.3 cm³/mol. The first-order valence-corrected chi connectivity index (χ1v) is 6.75. The van der Waals surface area contributed by atoms with Crippen LogP contribution < -0.4 is 5.32 Å². The number of hydrogen-bond acceptors (Lipinski definition) is 3. The molecule has 0 spiro atoms. The second-order valence-corrected chi connectivity index (χ2v) is 5.57. The van der Waals surface area contributed by atoms with Crippen LogP contribution in [0.15, 0.2) is 5.51 Å². The van der Waals surface area contributed by atoms with Gasteiger partial charge in [0.25, 0.3) is 0 Å². The van der Waals surface area contributed by atoms with Gasteiger partial charge in [-0.2, -0.15) is 0 Å². The van der Waals surface area contributed by atoms with E-state index in [1.807, 2.05) is 5.51 Å². The molecule has 1 fully saturated rings. The monoisotopic (exact) mass is 224 g/mol. The Labute approximate surface area is 96.1 Å². The molecule has 1 aliphatic rings. The van der Waals surface area contributed by atoms with Crippen molar-refractivity contribution in [3.63, 3.8) is 0 Å². The molecule has 0 aromatic carbocycles. The van der Waals surface area contributed by atoms with Crippen molar-refractivity contribution in [1.82, 2.24) is 10.3 Å². The lowest BCUT2D eigenvalue weighted by molar-refractivity contribution is 0.464. The first kappa shape index (κ1) is 11.1. The molecular formula is C12H20N2S. The predicted octanol–water partition coefficient (Wildman–Crippen LogP) is 2.63. The highest BCUT2D eigenvalue weighted by Gasteiger charge is 2.27. The van der Waals surface area contributed by atoms with Gasteiger partial charge in [0.15, 0.2) is 0 Å². The van der Waals surface area contributed by atoms with Gasteiger partial charge in [-0.15, -0.1) is 11.3 Å². The van der Waals surface area contributed by atoms with Crippen LogP contribution in [-0.2, 0) is 6.42 Å². The van der Waals surface area contributed by atoms with Crippen LogP contribution in [0.3, 0.4) is 0 Å². The molecule has 0 aliphatic heterocycles. The van der Waals surface area contributed by atoms with Crippen LogP contribution in [-0.4, -0.2) is 18.1 Å². The van der Waals surface area contributed by atoms with E-state index >= 15 is 0 Å². The maximum absolute atomic E-state index is 4.26. The molecule has 0 amide bonds. The fraction of sp³-hybridized carbons (Fsp3) is 0.750. The number of thiazole rings is 1. The summed E-state index contributed by atoms with van der Waals surface area (Å²) in [5, 5.41) is 3.55. The van der Waals surface area contributed by atoms with Gasteiger partial charge in [-0.05, 0) is 44.6 Å². The van der Waals surface area contributed by atoms with E-state index in [2.05, 4.69) is 24.1 Å². The Bertz CT molecular complexity index is 304. The van der Waals surface area contributed by atoms with Gasteiger partial charge in [-0.25, -0.2) is 4.98 Å². The fourth-order valence-corrected chi connectivity index (χ4v) is 2.71. The van der Waals surface area contributed by atoms with Gasteiger partial charge in [-0.1, -0.05) is 6.92 Å². The third kappa shape index (κ3) is 3.28. The van der Waals surface area contributed by atoms with E-state index in [1.165, 1.54) is 30.0 Å². The average molecular weight is 224 g/mol. The number of nitrogens with one attached hydrogen (secondary N) is 1. The van der Waals surface area contributed by atoms with E-state index in [0.717, 1.165) is 24.8 Å². The molecule has 0 bridgehead atoms. The minimum absolute atomic E-state index is 0.868. The quantitative estimate of drug-likeness (QED) is 0.751. The van der Waals surface area contributed by atoms with E-state index < -0.39 is 0 Å². The molecule has 1 unspecified atom stereocenters. The Morgan fingerprint density at radius 2 is 2.40 bits per heavy atom. The van der Waals surface area contributed by atoms with Crippen molar-refractivity contribution in [3.05, 3.63) is 16.1 Å². The van der Waals surface area contributed by atoms with Gasteiger partial charge in [0.1, 0.15) is 0 Å². The third-order valence-electron chi connectivity index (χ3n) is 3.27. The molecule has 3 heteroatoms. The summed E-state index contributed by atoms with van der Waals surface area (Å²) in [6, 6.07) is 0. The van der Waals surface area contributed by atoms with Crippen molar-refractivity contribution in [2.24, 2.45) is 11.8 Å². The summed E-state index contributed by atoms with van der Waals surface area (Å²) in [6.45, 7) is 6.74. The Kier molecular flexibility index (Phi) is 3.76. The molecule has 1 atom stereocenters. The summed E-state index contributed by atoms with van der Waals surface area (Å²) in [4.78, 5) is 5.69. The van der Waals surface area contributed by atoms with Crippen molar-refractivity contribution in [2.75, 3.05) is 13.1 Å². The zero-order chi connectivity index (χ0) is 10.7. The summed E-state index contributed by atoms with van der Waals surface area (Å²) in [7, 11) is 0. The first-order chi connectivity index (χ1) is 7.27. The topological polar surface area (TPSA) is 24.9 Å². The standard InChI is InChI=1S/C12H20N2S/c1-9(11-3-4-11)7-13-6-5-12-10(2)14-8-15-12/h8-9,11,13H,3-7H2,1-2H3. The second kappa shape index (κ2) is 5.08. The highest BCUT2D eigenvalue weighted by Crippen LogP contribution is 2.35. The van der Waals surface area contributed by atoms with E-state index in [-0.39, 0.29) is 0 Å². The largest absolute Gasteiger partial charge is 0.316 e.